The maximum absolute atomic E-state index is 12.8. The van der Waals surface area contributed by atoms with Crippen LogP contribution < -0.4 is 10.2 Å². The van der Waals surface area contributed by atoms with Crippen molar-refractivity contribution in [2.45, 2.75) is 24.2 Å². The molecule has 1 aliphatic heterocycles. The maximum Gasteiger partial charge on any atom is 0.243 e. The van der Waals surface area contributed by atoms with Crippen molar-refractivity contribution in [1.82, 2.24) is 4.31 Å². The van der Waals surface area contributed by atoms with Crippen LogP contribution in [0.5, 0.6) is 0 Å². The van der Waals surface area contributed by atoms with Gasteiger partial charge in [-0.1, -0.05) is 6.42 Å². The number of piperidine rings is 1. The van der Waals surface area contributed by atoms with Crippen molar-refractivity contribution in [3.05, 3.63) is 18.2 Å². The molecule has 0 unspecified atom stereocenters. The summed E-state index contributed by atoms with van der Waals surface area (Å²) in [7, 11) is 0.202. The predicted molar refractivity (Wildman–Crippen MR) is 100 cm³/mol. The minimum absolute atomic E-state index is 0.141. The van der Waals surface area contributed by atoms with Gasteiger partial charge in [0.15, 0.2) is 0 Å². The summed E-state index contributed by atoms with van der Waals surface area (Å²) in [5, 5.41) is 2.82. The highest BCUT2D eigenvalue weighted by atomic mass is 32.2. The van der Waals surface area contributed by atoms with Crippen LogP contribution in [0, 0.1) is 0 Å². The average Bonchev–Trinajstić information content (AvgIpc) is 2.55. The van der Waals surface area contributed by atoms with Crippen LogP contribution in [0.15, 0.2) is 23.1 Å². The van der Waals surface area contributed by atoms with Crippen molar-refractivity contribution >= 4 is 39.1 Å². The van der Waals surface area contributed by atoms with E-state index in [2.05, 4.69) is 5.32 Å². The third-order valence-electron chi connectivity index (χ3n) is 3.95. The molecule has 0 radical (unpaired) electrons. The Morgan fingerprint density at radius 3 is 2.50 bits per heavy atom. The van der Waals surface area contributed by atoms with Crippen molar-refractivity contribution in [1.29, 1.82) is 0 Å². The Labute approximate surface area is 148 Å². The molecule has 134 valence electrons. The van der Waals surface area contributed by atoms with Gasteiger partial charge in [-0.2, -0.15) is 16.1 Å². The summed E-state index contributed by atoms with van der Waals surface area (Å²) in [6, 6.07) is 4.92. The second-order valence-electron chi connectivity index (χ2n) is 6.02. The van der Waals surface area contributed by atoms with E-state index in [9.17, 15) is 13.2 Å². The SMILES string of the molecule is CSCC(=O)Nc1cc(S(=O)(=O)N2CCCCC2)ccc1N(C)C. The smallest absolute Gasteiger partial charge is 0.243 e. The molecule has 1 amide bonds. The number of benzene rings is 1. The molecule has 0 atom stereocenters. The minimum Gasteiger partial charge on any atom is -0.376 e. The van der Waals surface area contributed by atoms with Crippen LogP contribution in [-0.2, 0) is 14.8 Å². The quantitative estimate of drug-likeness (QED) is 0.830. The molecular weight excluding hydrogens is 346 g/mol. The van der Waals surface area contributed by atoms with Crippen LogP contribution in [-0.4, -0.2) is 57.8 Å². The van der Waals surface area contributed by atoms with Crippen molar-refractivity contribution in [2.75, 3.05) is 49.4 Å². The minimum atomic E-state index is -3.52. The number of hydrogen-bond donors (Lipinski definition) is 1. The fraction of sp³-hybridized carbons (Fsp3) is 0.562. The van der Waals surface area contributed by atoms with Gasteiger partial charge in [-0.05, 0) is 37.3 Å². The van der Waals surface area contributed by atoms with Crippen LogP contribution in [0.2, 0.25) is 0 Å². The number of nitrogens with one attached hydrogen (secondary N) is 1. The lowest BCUT2D eigenvalue weighted by Crippen LogP contribution is -2.35. The summed E-state index contributed by atoms with van der Waals surface area (Å²) < 4.78 is 27.2. The van der Waals surface area contributed by atoms with Gasteiger partial charge in [0.05, 0.1) is 22.0 Å². The number of amides is 1. The molecule has 1 saturated heterocycles. The Morgan fingerprint density at radius 1 is 1.25 bits per heavy atom. The molecule has 2 rings (SSSR count). The van der Waals surface area contributed by atoms with Crippen LogP contribution in [0.3, 0.4) is 0 Å². The molecule has 0 bridgehead atoms. The fourth-order valence-electron chi connectivity index (χ4n) is 2.74. The van der Waals surface area contributed by atoms with Gasteiger partial charge < -0.3 is 10.2 Å². The standard InChI is InChI=1S/C16H25N3O3S2/c1-18(2)15-8-7-13(11-14(15)17-16(20)12-23-3)24(21,22)19-9-5-4-6-10-19/h7-8,11H,4-6,9-10,12H2,1-3H3,(H,17,20). The normalized spacial score (nSPS) is 16.0. The molecule has 0 aliphatic carbocycles. The van der Waals surface area contributed by atoms with Crippen molar-refractivity contribution in [3.63, 3.8) is 0 Å². The molecule has 0 saturated carbocycles. The highest BCUT2D eigenvalue weighted by Gasteiger charge is 2.27. The number of hydrogen-bond acceptors (Lipinski definition) is 5. The molecule has 24 heavy (non-hydrogen) atoms. The van der Waals surface area contributed by atoms with Gasteiger partial charge in [0.2, 0.25) is 15.9 Å². The lowest BCUT2D eigenvalue weighted by Gasteiger charge is -2.26. The summed E-state index contributed by atoms with van der Waals surface area (Å²) in [6.45, 7) is 1.12. The molecule has 0 aromatic heterocycles. The van der Waals surface area contributed by atoms with Crippen LogP contribution in [0.4, 0.5) is 11.4 Å². The summed E-state index contributed by atoms with van der Waals surface area (Å²) in [5.74, 6) is 0.189. The van der Waals surface area contributed by atoms with E-state index >= 15 is 0 Å². The highest BCUT2D eigenvalue weighted by molar-refractivity contribution is 7.99. The topological polar surface area (TPSA) is 69.7 Å². The van der Waals surface area contributed by atoms with E-state index in [0.29, 0.717) is 24.5 Å². The number of anilines is 2. The van der Waals surface area contributed by atoms with Crippen LogP contribution in [0.25, 0.3) is 0 Å². The van der Waals surface area contributed by atoms with E-state index in [1.807, 2.05) is 25.3 Å². The lowest BCUT2D eigenvalue weighted by molar-refractivity contribution is -0.113. The number of nitrogens with zero attached hydrogens (tertiary/aromatic N) is 2. The van der Waals surface area contributed by atoms with E-state index < -0.39 is 10.0 Å². The molecule has 1 aromatic rings. The lowest BCUT2D eigenvalue weighted by atomic mass is 10.2. The van der Waals surface area contributed by atoms with Crippen molar-refractivity contribution in [3.8, 4) is 0 Å². The molecular formula is C16H25N3O3S2. The third kappa shape index (κ3) is 4.43. The van der Waals surface area contributed by atoms with Gasteiger partial charge in [0.1, 0.15) is 0 Å². The summed E-state index contributed by atoms with van der Waals surface area (Å²) >= 11 is 1.42. The van der Waals surface area contributed by atoms with Crippen LogP contribution in [0.1, 0.15) is 19.3 Å². The maximum atomic E-state index is 12.8. The zero-order valence-electron chi connectivity index (χ0n) is 14.4. The monoisotopic (exact) mass is 371 g/mol. The molecule has 1 aromatic carbocycles. The predicted octanol–water partition coefficient (Wildman–Crippen LogP) is 2.23. The van der Waals surface area contributed by atoms with Gasteiger partial charge in [-0.15, -0.1) is 0 Å². The van der Waals surface area contributed by atoms with E-state index in [-0.39, 0.29) is 10.8 Å². The van der Waals surface area contributed by atoms with Crippen molar-refractivity contribution < 1.29 is 13.2 Å². The Kier molecular flexibility index (Phi) is 6.54. The average molecular weight is 372 g/mol. The molecule has 1 heterocycles. The first kappa shape index (κ1) is 19.1. The van der Waals surface area contributed by atoms with E-state index in [1.54, 1.807) is 18.2 Å². The first-order valence-electron chi connectivity index (χ1n) is 7.96. The van der Waals surface area contributed by atoms with E-state index in [0.717, 1.165) is 24.9 Å². The van der Waals surface area contributed by atoms with Gasteiger partial charge >= 0.3 is 0 Å². The Bertz CT molecular complexity index is 684. The first-order chi connectivity index (χ1) is 11.4. The Hall–Kier alpha value is -1.25. The van der Waals surface area contributed by atoms with E-state index in [4.69, 9.17) is 0 Å². The fourth-order valence-corrected chi connectivity index (χ4v) is 4.62. The number of rotatable bonds is 6. The second-order valence-corrected chi connectivity index (χ2v) is 8.82. The molecule has 1 aliphatic rings. The Balaban J connectivity index is 2.35. The molecule has 8 heteroatoms. The number of thioether (sulfide) groups is 1. The van der Waals surface area contributed by atoms with E-state index in [1.165, 1.54) is 16.1 Å². The van der Waals surface area contributed by atoms with Crippen LogP contribution >= 0.6 is 11.8 Å². The van der Waals surface area contributed by atoms with Crippen molar-refractivity contribution in [2.24, 2.45) is 0 Å². The molecule has 6 nitrogen and oxygen atoms in total. The van der Waals surface area contributed by atoms with Gasteiger partial charge in [0.25, 0.3) is 0 Å². The first-order valence-corrected chi connectivity index (χ1v) is 10.8. The zero-order chi connectivity index (χ0) is 17.7. The molecule has 0 spiro atoms. The summed E-state index contributed by atoms with van der Waals surface area (Å²) in [6.07, 6.45) is 4.71. The number of sulfonamides is 1. The number of carbonyl (C=O) groups excluding carboxylic acids is 1. The van der Waals surface area contributed by atoms with Gasteiger partial charge in [-0.3, -0.25) is 4.79 Å². The third-order valence-corrected chi connectivity index (χ3v) is 6.40. The highest BCUT2D eigenvalue weighted by Crippen LogP contribution is 2.30. The zero-order valence-corrected chi connectivity index (χ0v) is 16.0. The summed E-state index contributed by atoms with van der Waals surface area (Å²) in [5.41, 5.74) is 1.30. The van der Waals surface area contributed by atoms with Gasteiger partial charge in [0, 0.05) is 27.2 Å². The molecule has 1 N–H and O–H groups in total. The largest absolute Gasteiger partial charge is 0.376 e. The number of carbonyl (C=O) groups is 1. The van der Waals surface area contributed by atoms with Gasteiger partial charge in [-0.25, -0.2) is 8.42 Å². The summed E-state index contributed by atoms with van der Waals surface area (Å²) in [4.78, 5) is 14.0. The Morgan fingerprint density at radius 2 is 1.92 bits per heavy atom. The second kappa shape index (κ2) is 8.22. The molecule has 1 fully saturated rings.